The third-order valence-corrected chi connectivity index (χ3v) is 4.92. The Morgan fingerprint density at radius 3 is 2.35 bits per heavy atom. The van der Waals surface area contributed by atoms with E-state index in [1.54, 1.807) is 7.11 Å². The molecule has 0 radical (unpaired) electrons. The monoisotopic (exact) mass is 273 g/mol. The predicted molar refractivity (Wildman–Crippen MR) is 83.0 cm³/mol. The van der Waals surface area contributed by atoms with Gasteiger partial charge in [-0.1, -0.05) is 31.4 Å². The first kappa shape index (κ1) is 13.9. The van der Waals surface area contributed by atoms with Crippen LogP contribution in [0.2, 0.25) is 0 Å². The van der Waals surface area contributed by atoms with Gasteiger partial charge in [0.15, 0.2) is 0 Å². The fourth-order valence-electron chi connectivity index (χ4n) is 3.48. The molecule has 0 aliphatic heterocycles. The van der Waals surface area contributed by atoms with E-state index in [2.05, 4.69) is 29.6 Å². The number of rotatable bonds is 6. The minimum Gasteiger partial charge on any atom is -0.497 e. The molecule has 2 fully saturated rings. The van der Waals surface area contributed by atoms with Crippen LogP contribution in [0.25, 0.3) is 0 Å². The summed E-state index contributed by atoms with van der Waals surface area (Å²) in [5, 5.41) is 3.86. The van der Waals surface area contributed by atoms with E-state index in [0.717, 1.165) is 17.6 Å². The van der Waals surface area contributed by atoms with Gasteiger partial charge < -0.3 is 10.1 Å². The van der Waals surface area contributed by atoms with Crippen molar-refractivity contribution in [1.82, 2.24) is 5.32 Å². The standard InChI is InChI=1S/C18H27NO/c1-20-17-11-9-16(10-12-17)18(15-7-8-15)19-13-14-5-3-2-4-6-14/h9-12,14-15,18-19H,2-8,13H2,1H3. The maximum atomic E-state index is 5.26. The molecule has 0 heterocycles. The van der Waals surface area contributed by atoms with E-state index in [1.807, 2.05) is 0 Å². The van der Waals surface area contributed by atoms with E-state index in [0.29, 0.717) is 6.04 Å². The highest BCUT2D eigenvalue weighted by atomic mass is 16.5. The highest BCUT2D eigenvalue weighted by Crippen LogP contribution is 2.41. The van der Waals surface area contributed by atoms with Crippen LogP contribution >= 0.6 is 0 Å². The number of benzene rings is 1. The summed E-state index contributed by atoms with van der Waals surface area (Å²) in [5.74, 6) is 2.71. The zero-order valence-electron chi connectivity index (χ0n) is 12.6. The van der Waals surface area contributed by atoms with Gasteiger partial charge in [0.05, 0.1) is 7.11 Å². The molecule has 1 atom stereocenters. The molecule has 0 saturated heterocycles. The summed E-state index contributed by atoms with van der Waals surface area (Å²) in [6.45, 7) is 1.20. The number of nitrogens with one attached hydrogen (secondary N) is 1. The number of hydrogen-bond acceptors (Lipinski definition) is 2. The SMILES string of the molecule is COc1ccc(C(NCC2CCCCC2)C2CC2)cc1. The molecule has 0 amide bonds. The molecule has 0 bridgehead atoms. The molecular formula is C18H27NO. The Bertz CT molecular complexity index is 404. The summed E-state index contributed by atoms with van der Waals surface area (Å²) in [6, 6.07) is 9.20. The van der Waals surface area contributed by atoms with Gasteiger partial charge in [0.2, 0.25) is 0 Å². The van der Waals surface area contributed by atoms with Crippen molar-refractivity contribution in [1.29, 1.82) is 0 Å². The first-order valence-electron chi connectivity index (χ1n) is 8.24. The van der Waals surface area contributed by atoms with Gasteiger partial charge >= 0.3 is 0 Å². The average Bonchev–Trinajstić information content (AvgIpc) is 3.34. The molecular weight excluding hydrogens is 246 g/mol. The van der Waals surface area contributed by atoms with Crippen molar-refractivity contribution < 1.29 is 4.74 Å². The van der Waals surface area contributed by atoms with Gasteiger partial charge in [0.1, 0.15) is 5.75 Å². The molecule has 0 aromatic heterocycles. The van der Waals surface area contributed by atoms with Crippen LogP contribution in [-0.4, -0.2) is 13.7 Å². The highest BCUT2D eigenvalue weighted by Gasteiger charge is 2.32. The van der Waals surface area contributed by atoms with Crippen LogP contribution in [0.4, 0.5) is 0 Å². The molecule has 2 saturated carbocycles. The zero-order chi connectivity index (χ0) is 13.8. The lowest BCUT2D eigenvalue weighted by Gasteiger charge is -2.26. The molecule has 1 unspecified atom stereocenters. The molecule has 1 aromatic carbocycles. The van der Waals surface area contributed by atoms with E-state index >= 15 is 0 Å². The van der Waals surface area contributed by atoms with E-state index in [-0.39, 0.29) is 0 Å². The molecule has 110 valence electrons. The summed E-state index contributed by atoms with van der Waals surface area (Å²) in [6.07, 6.45) is 9.93. The Labute approximate surface area is 122 Å². The van der Waals surface area contributed by atoms with Gasteiger partial charge in [-0.15, -0.1) is 0 Å². The van der Waals surface area contributed by atoms with Crippen LogP contribution in [0.1, 0.15) is 56.6 Å². The van der Waals surface area contributed by atoms with Crippen LogP contribution in [0.3, 0.4) is 0 Å². The summed E-state index contributed by atoms with van der Waals surface area (Å²) >= 11 is 0. The number of ether oxygens (including phenoxy) is 1. The fraction of sp³-hybridized carbons (Fsp3) is 0.667. The predicted octanol–water partition coefficient (Wildman–Crippen LogP) is 4.32. The molecule has 2 heteroatoms. The Morgan fingerprint density at radius 1 is 1.05 bits per heavy atom. The quantitative estimate of drug-likeness (QED) is 0.833. The van der Waals surface area contributed by atoms with Gasteiger partial charge in [-0.25, -0.2) is 0 Å². The molecule has 2 nitrogen and oxygen atoms in total. The van der Waals surface area contributed by atoms with Crippen molar-refractivity contribution in [2.45, 2.75) is 51.0 Å². The zero-order valence-corrected chi connectivity index (χ0v) is 12.6. The maximum absolute atomic E-state index is 5.26. The van der Waals surface area contributed by atoms with E-state index in [4.69, 9.17) is 4.74 Å². The minimum atomic E-state index is 0.558. The lowest BCUT2D eigenvalue weighted by Crippen LogP contribution is -2.29. The van der Waals surface area contributed by atoms with Crippen LogP contribution in [0.15, 0.2) is 24.3 Å². The Morgan fingerprint density at radius 2 is 1.75 bits per heavy atom. The summed E-state index contributed by atoms with van der Waals surface area (Å²) < 4.78 is 5.26. The highest BCUT2D eigenvalue weighted by molar-refractivity contribution is 5.30. The second-order valence-corrected chi connectivity index (χ2v) is 6.50. The molecule has 20 heavy (non-hydrogen) atoms. The van der Waals surface area contributed by atoms with Crippen molar-refractivity contribution in [3.63, 3.8) is 0 Å². The summed E-state index contributed by atoms with van der Waals surface area (Å²) in [4.78, 5) is 0. The molecule has 3 rings (SSSR count). The van der Waals surface area contributed by atoms with Crippen molar-refractivity contribution in [2.75, 3.05) is 13.7 Å². The minimum absolute atomic E-state index is 0.558. The molecule has 2 aliphatic carbocycles. The van der Waals surface area contributed by atoms with Gasteiger partial charge in [0, 0.05) is 6.04 Å². The number of methoxy groups -OCH3 is 1. The normalized spacial score (nSPS) is 21.6. The molecule has 2 aliphatic rings. The Hall–Kier alpha value is -1.02. The number of hydrogen-bond donors (Lipinski definition) is 1. The van der Waals surface area contributed by atoms with E-state index in [9.17, 15) is 0 Å². The first-order chi connectivity index (χ1) is 9.86. The lowest BCUT2D eigenvalue weighted by molar-refractivity contribution is 0.320. The van der Waals surface area contributed by atoms with Crippen LogP contribution in [0.5, 0.6) is 5.75 Å². The second-order valence-electron chi connectivity index (χ2n) is 6.50. The Kier molecular flexibility index (Phi) is 4.62. The summed E-state index contributed by atoms with van der Waals surface area (Å²) in [5.41, 5.74) is 1.43. The van der Waals surface area contributed by atoms with Gasteiger partial charge in [-0.2, -0.15) is 0 Å². The van der Waals surface area contributed by atoms with Crippen molar-refractivity contribution in [2.24, 2.45) is 11.8 Å². The van der Waals surface area contributed by atoms with Crippen LogP contribution in [0, 0.1) is 11.8 Å². The fourth-order valence-corrected chi connectivity index (χ4v) is 3.48. The third-order valence-electron chi connectivity index (χ3n) is 4.92. The van der Waals surface area contributed by atoms with Gasteiger partial charge in [-0.3, -0.25) is 0 Å². The van der Waals surface area contributed by atoms with Gasteiger partial charge in [-0.05, 0) is 61.8 Å². The lowest BCUT2D eigenvalue weighted by atomic mass is 9.89. The largest absolute Gasteiger partial charge is 0.497 e. The summed E-state index contributed by atoms with van der Waals surface area (Å²) in [7, 11) is 1.73. The molecule has 1 aromatic rings. The first-order valence-corrected chi connectivity index (χ1v) is 8.24. The average molecular weight is 273 g/mol. The van der Waals surface area contributed by atoms with Crippen molar-refractivity contribution >= 4 is 0 Å². The van der Waals surface area contributed by atoms with Crippen molar-refractivity contribution in [3.05, 3.63) is 29.8 Å². The molecule has 0 spiro atoms. The van der Waals surface area contributed by atoms with Crippen molar-refractivity contribution in [3.8, 4) is 5.75 Å². The van der Waals surface area contributed by atoms with E-state index in [1.165, 1.54) is 57.1 Å². The Balaban J connectivity index is 1.59. The maximum Gasteiger partial charge on any atom is 0.118 e. The van der Waals surface area contributed by atoms with Crippen LogP contribution < -0.4 is 10.1 Å². The molecule has 1 N–H and O–H groups in total. The third kappa shape index (κ3) is 3.54. The second kappa shape index (κ2) is 6.62. The van der Waals surface area contributed by atoms with Crippen LogP contribution in [-0.2, 0) is 0 Å². The van der Waals surface area contributed by atoms with E-state index < -0.39 is 0 Å². The van der Waals surface area contributed by atoms with Gasteiger partial charge in [0.25, 0.3) is 0 Å². The topological polar surface area (TPSA) is 21.3 Å². The smallest absolute Gasteiger partial charge is 0.118 e.